The van der Waals surface area contributed by atoms with E-state index in [-0.39, 0.29) is 11.8 Å². The molecule has 0 spiro atoms. The lowest BCUT2D eigenvalue weighted by atomic mass is 9.71. The van der Waals surface area contributed by atoms with Gasteiger partial charge in [0.15, 0.2) is 0 Å². The van der Waals surface area contributed by atoms with Crippen molar-refractivity contribution in [1.82, 2.24) is 0 Å². The maximum absolute atomic E-state index is 12.5. The number of alkyl halides is 3. The molecule has 3 heteroatoms. The van der Waals surface area contributed by atoms with E-state index < -0.39 is 12.1 Å². The topological polar surface area (TPSA) is 0 Å². The van der Waals surface area contributed by atoms with Crippen LogP contribution in [0.15, 0.2) is 0 Å². The second-order valence-electron chi connectivity index (χ2n) is 5.89. The van der Waals surface area contributed by atoms with Crippen LogP contribution in [0.3, 0.4) is 0 Å². The number of hydrogen-bond acceptors (Lipinski definition) is 0. The van der Waals surface area contributed by atoms with Gasteiger partial charge in [0.25, 0.3) is 0 Å². The number of rotatable bonds is 7. The Morgan fingerprint density at radius 3 is 1.88 bits per heavy atom. The van der Waals surface area contributed by atoms with Crippen LogP contribution in [0.2, 0.25) is 0 Å². The highest BCUT2D eigenvalue weighted by molar-refractivity contribution is 4.79. The van der Waals surface area contributed by atoms with Gasteiger partial charge in [-0.3, -0.25) is 0 Å². The average Bonchev–Trinajstić information content (AvgIpc) is 2.21. The Bertz CT molecular complexity index is 208. The van der Waals surface area contributed by atoms with Gasteiger partial charge in [-0.2, -0.15) is 13.2 Å². The first-order valence-corrected chi connectivity index (χ1v) is 6.70. The van der Waals surface area contributed by atoms with Crippen molar-refractivity contribution in [2.24, 2.45) is 17.3 Å². The molecule has 17 heavy (non-hydrogen) atoms. The minimum Gasteiger partial charge on any atom is -0.171 e. The predicted molar refractivity (Wildman–Crippen MR) is 66.9 cm³/mol. The van der Waals surface area contributed by atoms with Gasteiger partial charge in [-0.05, 0) is 30.6 Å². The Balaban J connectivity index is 4.36. The van der Waals surface area contributed by atoms with Crippen LogP contribution in [0.4, 0.5) is 13.2 Å². The highest BCUT2D eigenvalue weighted by Crippen LogP contribution is 2.40. The lowest BCUT2D eigenvalue weighted by Crippen LogP contribution is -2.27. The molecule has 0 N–H and O–H groups in total. The molecule has 0 rings (SSSR count). The van der Waals surface area contributed by atoms with Crippen LogP contribution in [-0.2, 0) is 0 Å². The first kappa shape index (κ1) is 16.8. The predicted octanol–water partition coefficient (Wildman–Crippen LogP) is 5.82. The van der Waals surface area contributed by atoms with Crippen LogP contribution >= 0.6 is 0 Å². The normalized spacial score (nSPS) is 18.2. The Labute approximate surface area is 104 Å². The molecular weight excluding hydrogens is 225 g/mol. The number of halogens is 3. The zero-order valence-corrected chi connectivity index (χ0v) is 11.8. The fraction of sp³-hybridized carbons (Fsp3) is 1.00. The van der Waals surface area contributed by atoms with Gasteiger partial charge in [-0.25, -0.2) is 0 Å². The standard InChI is InChI=1S/C14H27F3/c1-6-7-9-13(5,11(2)3)10-8-12(4)14(15,16)17/h11-12H,6-10H2,1-5H3/t12-,13+/m1/s1. The van der Waals surface area contributed by atoms with E-state index in [9.17, 15) is 13.2 Å². The van der Waals surface area contributed by atoms with Crippen molar-refractivity contribution >= 4 is 0 Å². The summed E-state index contributed by atoms with van der Waals surface area (Å²) in [5.41, 5.74) is 0.0511. The summed E-state index contributed by atoms with van der Waals surface area (Å²) in [6.45, 7) is 9.79. The van der Waals surface area contributed by atoms with E-state index in [1.807, 2.05) is 0 Å². The van der Waals surface area contributed by atoms with Crippen molar-refractivity contribution in [3.8, 4) is 0 Å². The number of hydrogen-bond donors (Lipinski definition) is 0. The SMILES string of the molecule is CCCC[C@@](C)(CC[C@@H](C)C(F)(F)F)C(C)C. The number of unbranched alkanes of at least 4 members (excludes halogenated alkanes) is 1. The van der Waals surface area contributed by atoms with Crippen molar-refractivity contribution in [2.75, 3.05) is 0 Å². The van der Waals surface area contributed by atoms with Crippen molar-refractivity contribution in [1.29, 1.82) is 0 Å². The molecule has 0 aliphatic rings. The zero-order valence-electron chi connectivity index (χ0n) is 11.8. The smallest absolute Gasteiger partial charge is 0.171 e. The Kier molecular flexibility index (Phi) is 6.57. The lowest BCUT2D eigenvalue weighted by molar-refractivity contribution is -0.173. The molecule has 2 atom stereocenters. The highest BCUT2D eigenvalue weighted by Gasteiger charge is 2.37. The second kappa shape index (κ2) is 6.65. The van der Waals surface area contributed by atoms with Crippen LogP contribution in [-0.4, -0.2) is 6.18 Å². The van der Waals surface area contributed by atoms with Crippen LogP contribution in [0.1, 0.15) is 66.7 Å². The van der Waals surface area contributed by atoms with Gasteiger partial charge in [0.05, 0.1) is 5.92 Å². The van der Waals surface area contributed by atoms with Gasteiger partial charge in [0.2, 0.25) is 0 Å². The molecule has 0 saturated heterocycles. The minimum absolute atomic E-state index is 0.0511. The van der Waals surface area contributed by atoms with Gasteiger partial charge >= 0.3 is 6.18 Å². The zero-order chi connectivity index (χ0) is 13.7. The van der Waals surface area contributed by atoms with Gasteiger partial charge in [-0.1, -0.05) is 47.5 Å². The molecule has 0 nitrogen and oxygen atoms in total. The van der Waals surface area contributed by atoms with Crippen molar-refractivity contribution < 1.29 is 13.2 Å². The molecule has 0 aliphatic carbocycles. The molecule has 0 radical (unpaired) electrons. The lowest BCUT2D eigenvalue weighted by Gasteiger charge is -2.35. The molecule has 0 saturated carbocycles. The van der Waals surface area contributed by atoms with Gasteiger partial charge in [0, 0.05) is 0 Å². The van der Waals surface area contributed by atoms with Gasteiger partial charge in [-0.15, -0.1) is 0 Å². The summed E-state index contributed by atoms with van der Waals surface area (Å²) in [5.74, 6) is -0.739. The van der Waals surface area contributed by atoms with Crippen LogP contribution in [0.5, 0.6) is 0 Å². The fourth-order valence-electron chi connectivity index (χ4n) is 1.99. The van der Waals surface area contributed by atoms with Crippen molar-refractivity contribution in [3.63, 3.8) is 0 Å². The monoisotopic (exact) mass is 252 g/mol. The molecule has 0 aliphatic heterocycles. The van der Waals surface area contributed by atoms with E-state index in [1.165, 1.54) is 6.92 Å². The second-order valence-corrected chi connectivity index (χ2v) is 5.89. The summed E-state index contributed by atoms with van der Waals surface area (Å²) in [7, 11) is 0. The van der Waals surface area contributed by atoms with E-state index in [4.69, 9.17) is 0 Å². The first-order valence-electron chi connectivity index (χ1n) is 6.70. The summed E-state index contributed by atoms with van der Waals surface area (Å²) in [6.07, 6.45) is 0.133. The van der Waals surface area contributed by atoms with Crippen LogP contribution in [0, 0.1) is 17.3 Å². The summed E-state index contributed by atoms with van der Waals surface area (Å²) in [6, 6.07) is 0. The van der Waals surface area contributed by atoms with E-state index in [0.717, 1.165) is 19.3 Å². The quantitative estimate of drug-likeness (QED) is 0.535. The molecule has 0 unspecified atom stereocenters. The van der Waals surface area contributed by atoms with Crippen LogP contribution in [0.25, 0.3) is 0 Å². The minimum atomic E-state index is -4.04. The molecule has 0 aromatic rings. The molecule has 104 valence electrons. The molecule has 0 bridgehead atoms. The van der Waals surface area contributed by atoms with Crippen LogP contribution < -0.4 is 0 Å². The van der Waals surface area contributed by atoms with E-state index >= 15 is 0 Å². The average molecular weight is 252 g/mol. The Morgan fingerprint density at radius 1 is 1.00 bits per heavy atom. The molecule has 0 fully saturated rings. The first-order chi connectivity index (χ1) is 7.63. The Morgan fingerprint density at radius 2 is 1.53 bits per heavy atom. The summed E-state index contributed by atoms with van der Waals surface area (Å²) >= 11 is 0. The summed E-state index contributed by atoms with van der Waals surface area (Å²) in [4.78, 5) is 0. The third-order valence-electron chi connectivity index (χ3n) is 4.20. The summed E-state index contributed by atoms with van der Waals surface area (Å²) < 4.78 is 37.4. The van der Waals surface area contributed by atoms with Crippen molar-refractivity contribution in [2.45, 2.75) is 72.9 Å². The molecule has 0 amide bonds. The Hall–Kier alpha value is -0.210. The maximum atomic E-state index is 12.5. The maximum Gasteiger partial charge on any atom is 0.391 e. The summed E-state index contributed by atoms with van der Waals surface area (Å²) in [5, 5.41) is 0. The van der Waals surface area contributed by atoms with E-state index in [0.29, 0.717) is 12.3 Å². The third-order valence-corrected chi connectivity index (χ3v) is 4.20. The van der Waals surface area contributed by atoms with E-state index in [1.54, 1.807) is 0 Å². The largest absolute Gasteiger partial charge is 0.391 e. The van der Waals surface area contributed by atoms with Crippen molar-refractivity contribution in [3.05, 3.63) is 0 Å². The third kappa shape index (κ3) is 5.78. The van der Waals surface area contributed by atoms with Gasteiger partial charge in [0.1, 0.15) is 0 Å². The van der Waals surface area contributed by atoms with E-state index in [2.05, 4.69) is 27.7 Å². The fourth-order valence-corrected chi connectivity index (χ4v) is 1.99. The molecule has 0 aromatic carbocycles. The molecule has 0 aromatic heterocycles. The molecule has 0 heterocycles. The molecular formula is C14H27F3. The van der Waals surface area contributed by atoms with Gasteiger partial charge < -0.3 is 0 Å². The highest BCUT2D eigenvalue weighted by atomic mass is 19.4.